The van der Waals surface area contributed by atoms with Gasteiger partial charge in [0, 0.05) is 17.3 Å². The number of benzene rings is 1. The van der Waals surface area contributed by atoms with E-state index in [0.717, 1.165) is 16.6 Å². The minimum absolute atomic E-state index is 0.180. The first-order valence-electron chi connectivity index (χ1n) is 4.20. The third-order valence-corrected chi connectivity index (χ3v) is 2.15. The van der Waals surface area contributed by atoms with Crippen LogP contribution in [0.3, 0.4) is 0 Å². The highest BCUT2D eigenvalue weighted by atomic mass is 19.1. The fourth-order valence-electron chi connectivity index (χ4n) is 1.58. The van der Waals surface area contributed by atoms with Crippen LogP contribution in [0.1, 0.15) is 11.3 Å². The van der Waals surface area contributed by atoms with Crippen molar-refractivity contribution in [1.29, 1.82) is 0 Å². The van der Waals surface area contributed by atoms with Crippen LogP contribution in [0.15, 0.2) is 24.4 Å². The van der Waals surface area contributed by atoms with Crippen LogP contribution in [0.5, 0.6) is 0 Å². The van der Waals surface area contributed by atoms with E-state index in [0.29, 0.717) is 5.39 Å². The summed E-state index contributed by atoms with van der Waals surface area (Å²) in [5, 5.41) is 1.55. The first-order valence-corrected chi connectivity index (χ1v) is 4.20. The Morgan fingerprint density at radius 2 is 2.00 bits per heavy atom. The van der Waals surface area contributed by atoms with Crippen molar-refractivity contribution in [1.82, 2.24) is 4.98 Å². The molecule has 1 nitrogen and oxygen atoms in total. The van der Waals surface area contributed by atoms with Crippen LogP contribution in [0, 0.1) is 19.7 Å². The fourth-order valence-corrected chi connectivity index (χ4v) is 1.58. The second-order valence-corrected chi connectivity index (χ2v) is 3.24. The molecule has 1 aromatic heterocycles. The van der Waals surface area contributed by atoms with Crippen molar-refractivity contribution in [2.24, 2.45) is 0 Å². The molecule has 2 rings (SSSR count). The Hall–Kier alpha value is -1.44. The van der Waals surface area contributed by atoms with Gasteiger partial charge in [0.2, 0.25) is 0 Å². The van der Waals surface area contributed by atoms with Gasteiger partial charge in [0.25, 0.3) is 0 Å². The van der Waals surface area contributed by atoms with E-state index in [1.807, 2.05) is 26.0 Å². The lowest BCUT2D eigenvalue weighted by Crippen LogP contribution is -1.88. The van der Waals surface area contributed by atoms with Gasteiger partial charge in [-0.05, 0) is 36.9 Å². The van der Waals surface area contributed by atoms with Crippen molar-refractivity contribution < 1.29 is 4.39 Å². The molecule has 1 heterocycles. The molecular formula is C11H10FN. The summed E-state index contributed by atoms with van der Waals surface area (Å²) < 4.78 is 13.5. The maximum Gasteiger partial charge on any atom is 0.133 e. The molecule has 0 N–H and O–H groups in total. The summed E-state index contributed by atoms with van der Waals surface area (Å²) in [4.78, 5) is 4.06. The predicted octanol–water partition coefficient (Wildman–Crippen LogP) is 2.99. The van der Waals surface area contributed by atoms with Crippen LogP contribution in [-0.2, 0) is 0 Å². The van der Waals surface area contributed by atoms with Crippen molar-refractivity contribution in [3.05, 3.63) is 41.5 Å². The number of nitrogens with zero attached hydrogens (tertiary/aromatic N) is 1. The maximum absolute atomic E-state index is 13.5. The Bertz CT molecular complexity index is 463. The number of halogens is 1. The van der Waals surface area contributed by atoms with Gasteiger partial charge in [-0.3, -0.25) is 4.98 Å². The molecule has 1 aromatic carbocycles. The zero-order valence-corrected chi connectivity index (χ0v) is 7.63. The largest absolute Gasteiger partial charge is 0.261 e. The highest BCUT2D eigenvalue weighted by Crippen LogP contribution is 2.21. The average molecular weight is 175 g/mol. The quantitative estimate of drug-likeness (QED) is 0.599. The minimum atomic E-state index is -0.180. The number of fused-ring (bicyclic) bond motifs is 1. The monoisotopic (exact) mass is 175 g/mol. The molecule has 13 heavy (non-hydrogen) atoms. The van der Waals surface area contributed by atoms with Crippen LogP contribution in [0.4, 0.5) is 4.39 Å². The molecule has 0 spiro atoms. The second kappa shape index (κ2) is 2.80. The van der Waals surface area contributed by atoms with Crippen LogP contribution in [0.25, 0.3) is 10.8 Å². The highest BCUT2D eigenvalue weighted by Gasteiger charge is 2.04. The SMILES string of the molecule is Cc1cc(F)c2c(C)nccc2c1. The summed E-state index contributed by atoms with van der Waals surface area (Å²) in [5.41, 5.74) is 1.69. The lowest BCUT2D eigenvalue weighted by atomic mass is 10.1. The molecule has 2 aromatic rings. The van der Waals surface area contributed by atoms with E-state index in [-0.39, 0.29) is 5.82 Å². The number of aromatic nitrogens is 1. The van der Waals surface area contributed by atoms with Gasteiger partial charge in [-0.15, -0.1) is 0 Å². The summed E-state index contributed by atoms with van der Waals surface area (Å²) in [5.74, 6) is -0.180. The van der Waals surface area contributed by atoms with E-state index in [1.54, 1.807) is 6.20 Å². The smallest absolute Gasteiger partial charge is 0.133 e. The highest BCUT2D eigenvalue weighted by molar-refractivity contribution is 5.85. The van der Waals surface area contributed by atoms with E-state index in [4.69, 9.17) is 0 Å². The van der Waals surface area contributed by atoms with Crippen LogP contribution >= 0.6 is 0 Å². The third kappa shape index (κ3) is 1.28. The Morgan fingerprint density at radius 3 is 2.77 bits per heavy atom. The molecule has 0 amide bonds. The Morgan fingerprint density at radius 1 is 1.23 bits per heavy atom. The van der Waals surface area contributed by atoms with Crippen molar-refractivity contribution in [2.45, 2.75) is 13.8 Å². The minimum Gasteiger partial charge on any atom is -0.261 e. The lowest BCUT2D eigenvalue weighted by Gasteiger charge is -2.03. The second-order valence-electron chi connectivity index (χ2n) is 3.24. The van der Waals surface area contributed by atoms with Gasteiger partial charge in [-0.2, -0.15) is 0 Å². The first kappa shape index (κ1) is 8.17. The Balaban J connectivity index is 2.94. The van der Waals surface area contributed by atoms with Crippen molar-refractivity contribution >= 4 is 10.8 Å². The zero-order valence-electron chi connectivity index (χ0n) is 7.63. The molecule has 0 atom stereocenters. The molecule has 0 bridgehead atoms. The normalized spacial score (nSPS) is 10.7. The van der Waals surface area contributed by atoms with Gasteiger partial charge in [-0.25, -0.2) is 4.39 Å². The topological polar surface area (TPSA) is 12.9 Å². The molecule has 0 saturated carbocycles. The van der Waals surface area contributed by atoms with E-state index in [2.05, 4.69) is 4.98 Å². The molecule has 0 radical (unpaired) electrons. The number of pyridine rings is 1. The third-order valence-electron chi connectivity index (χ3n) is 2.15. The summed E-state index contributed by atoms with van der Waals surface area (Å²) in [6.07, 6.45) is 1.70. The number of hydrogen-bond donors (Lipinski definition) is 0. The van der Waals surface area contributed by atoms with Crippen LogP contribution in [-0.4, -0.2) is 4.98 Å². The zero-order chi connectivity index (χ0) is 9.42. The Kier molecular flexibility index (Phi) is 1.76. The molecule has 0 aliphatic heterocycles. The van der Waals surface area contributed by atoms with Gasteiger partial charge in [0.1, 0.15) is 5.82 Å². The average Bonchev–Trinajstić information content (AvgIpc) is 2.02. The predicted molar refractivity (Wildman–Crippen MR) is 51.2 cm³/mol. The van der Waals surface area contributed by atoms with E-state index in [9.17, 15) is 4.39 Å². The van der Waals surface area contributed by atoms with Crippen LogP contribution < -0.4 is 0 Å². The van der Waals surface area contributed by atoms with Gasteiger partial charge < -0.3 is 0 Å². The van der Waals surface area contributed by atoms with Crippen LogP contribution in [0.2, 0.25) is 0 Å². The number of hydrogen-bond acceptors (Lipinski definition) is 1. The molecule has 2 heteroatoms. The molecule has 0 aliphatic carbocycles. The number of rotatable bonds is 0. The van der Waals surface area contributed by atoms with E-state index in [1.165, 1.54) is 6.07 Å². The van der Waals surface area contributed by atoms with Crippen molar-refractivity contribution in [3.8, 4) is 0 Å². The summed E-state index contributed by atoms with van der Waals surface area (Å²) in [6.45, 7) is 3.71. The Labute approximate surface area is 76.2 Å². The summed E-state index contributed by atoms with van der Waals surface area (Å²) >= 11 is 0. The van der Waals surface area contributed by atoms with Crippen molar-refractivity contribution in [3.63, 3.8) is 0 Å². The van der Waals surface area contributed by atoms with Gasteiger partial charge in [0.15, 0.2) is 0 Å². The fraction of sp³-hybridized carbons (Fsp3) is 0.182. The van der Waals surface area contributed by atoms with Crippen molar-refractivity contribution in [2.75, 3.05) is 0 Å². The summed E-state index contributed by atoms with van der Waals surface area (Å²) in [6, 6.07) is 5.34. The molecule has 0 aliphatic rings. The maximum atomic E-state index is 13.5. The standard InChI is InChI=1S/C11H10FN/c1-7-5-9-3-4-13-8(2)11(9)10(12)6-7/h3-6H,1-2H3. The first-order chi connectivity index (χ1) is 6.18. The molecular weight excluding hydrogens is 165 g/mol. The molecule has 0 unspecified atom stereocenters. The summed E-state index contributed by atoms with van der Waals surface area (Å²) in [7, 11) is 0. The van der Waals surface area contributed by atoms with E-state index >= 15 is 0 Å². The molecule has 0 fully saturated rings. The lowest BCUT2D eigenvalue weighted by molar-refractivity contribution is 0.637. The number of aryl methyl sites for hydroxylation is 2. The van der Waals surface area contributed by atoms with E-state index < -0.39 is 0 Å². The van der Waals surface area contributed by atoms with Gasteiger partial charge in [0.05, 0.1) is 0 Å². The molecule has 0 saturated heterocycles. The molecule has 66 valence electrons. The van der Waals surface area contributed by atoms with Gasteiger partial charge >= 0.3 is 0 Å². The van der Waals surface area contributed by atoms with Gasteiger partial charge in [-0.1, -0.05) is 6.07 Å².